The predicted molar refractivity (Wildman–Crippen MR) is 148 cm³/mol. The van der Waals surface area contributed by atoms with Crippen molar-refractivity contribution in [2.45, 2.75) is 57.5 Å². The normalized spacial score (nSPS) is 13.2. The summed E-state index contributed by atoms with van der Waals surface area (Å²) in [7, 11) is 0. The van der Waals surface area contributed by atoms with Gasteiger partial charge in [0, 0.05) is 24.2 Å². The average molecular weight is 618 g/mol. The number of carbonyl (C=O) groups excluding carboxylic acids is 1. The van der Waals surface area contributed by atoms with Crippen LogP contribution in [0.3, 0.4) is 0 Å². The first kappa shape index (κ1) is 31.0. The fourth-order valence-corrected chi connectivity index (χ4v) is 5.38. The number of fused-ring (bicyclic) bond motifs is 1. The Bertz CT molecular complexity index is 1730. The highest BCUT2D eigenvalue weighted by Gasteiger charge is 2.34. The van der Waals surface area contributed by atoms with Gasteiger partial charge in [-0.05, 0) is 72.2 Å². The molecule has 230 valence electrons. The number of hydrogen-bond acceptors (Lipinski definition) is 3. The van der Waals surface area contributed by atoms with Gasteiger partial charge in [0.15, 0.2) is 0 Å². The maximum absolute atomic E-state index is 13.6. The third-order valence-electron chi connectivity index (χ3n) is 7.60. The van der Waals surface area contributed by atoms with E-state index in [9.17, 15) is 40.3 Å². The second kappa shape index (κ2) is 12.3. The number of rotatable bonds is 8. The van der Waals surface area contributed by atoms with E-state index in [2.05, 4.69) is 10.3 Å². The van der Waals surface area contributed by atoms with E-state index in [-0.39, 0.29) is 37.3 Å². The maximum atomic E-state index is 13.6. The van der Waals surface area contributed by atoms with Crippen LogP contribution in [0.2, 0.25) is 0 Å². The molecule has 0 bridgehead atoms. The number of benzene rings is 3. The Morgan fingerprint density at radius 3 is 2.14 bits per heavy atom. The molecule has 4 aromatic rings. The first-order chi connectivity index (χ1) is 20.8. The highest BCUT2D eigenvalue weighted by atomic mass is 19.4. The number of alkyl halides is 6. The lowest BCUT2D eigenvalue weighted by molar-refractivity contribution is -0.138. The Balaban J connectivity index is 1.28. The van der Waals surface area contributed by atoms with Gasteiger partial charge in [-0.2, -0.15) is 31.3 Å². The second-order valence-electron chi connectivity index (χ2n) is 10.5. The van der Waals surface area contributed by atoms with Crippen LogP contribution in [0.4, 0.5) is 30.7 Å². The van der Waals surface area contributed by atoms with E-state index in [1.54, 1.807) is 28.8 Å². The lowest BCUT2D eigenvalue weighted by Gasteiger charge is -2.18. The van der Waals surface area contributed by atoms with Crippen molar-refractivity contribution in [1.82, 2.24) is 14.9 Å². The molecule has 0 atom stereocenters. The molecule has 1 aliphatic rings. The Morgan fingerprint density at radius 1 is 0.841 bits per heavy atom. The quantitative estimate of drug-likeness (QED) is 0.225. The summed E-state index contributed by atoms with van der Waals surface area (Å²) >= 11 is 0. The van der Waals surface area contributed by atoms with Gasteiger partial charge in [0.1, 0.15) is 18.2 Å². The molecule has 1 aromatic heterocycles. The number of hydrogen-bond donors (Lipinski definition) is 1. The van der Waals surface area contributed by atoms with Gasteiger partial charge in [-0.1, -0.05) is 42.5 Å². The predicted octanol–water partition coefficient (Wildman–Crippen LogP) is 6.68. The summed E-state index contributed by atoms with van der Waals surface area (Å²) in [5.74, 6) is -1.25. The van der Waals surface area contributed by atoms with Gasteiger partial charge in [-0.15, -0.1) is 0 Å². The van der Waals surface area contributed by atoms with Gasteiger partial charge in [-0.25, -0.2) is 4.39 Å². The van der Waals surface area contributed by atoms with Crippen LogP contribution in [0.5, 0.6) is 0 Å². The molecule has 1 heterocycles. The minimum absolute atomic E-state index is 0.0735. The lowest BCUT2D eigenvalue weighted by Crippen LogP contribution is -2.32. The zero-order valence-electron chi connectivity index (χ0n) is 23.2. The SMILES string of the molecule is O=C(Cn1c(CCc2ccc(F)cc2C(F)(F)F)nc(=O)c2c1CCC2)NCc1ccc(-c2ccc(C(F)(F)F)cc2)cc1. The second-order valence-corrected chi connectivity index (χ2v) is 10.5. The van der Waals surface area contributed by atoms with Crippen LogP contribution in [0.25, 0.3) is 11.1 Å². The van der Waals surface area contributed by atoms with Crippen LogP contribution in [0, 0.1) is 5.82 Å². The van der Waals surface area contributed by atoms with Crippen molar-refractivity contribution in [1.29, 1.82) is 0 Å². The molecule has 1 aliphatic carbocycles. The van der Waals surface area contributed by atoms with Crippen LogP contribution in [0.15, 0.2) is 71.5 Å². The van der Waals surface area contributed by atoms with Crippen LogP contribution >= 0.6 is 0 Å². The third kappa shape index (κ3) is 7.00. The molecule has 0 saturated heterocycles. The zero-order chi connectivity index (χ0) is 31.6. The average Bonchev–Trinajstić information content (AvgIpc) is 3.47. The smallest absolute Gasteiger partial charge is 0.350 e. The van der Waals surface area contributed by atoms with E-state index in [0.29, 0.717) is 47.7 Å². The summed E-state index contributed by atoms with van der Waals surface area (Å²) in [5, 5.41) is 2.79. The van der Waals surface area contributed by atoms with Crippen molar-refractivity contribution >= 4 is 5.91 Å². The molecule has 12 heteroatoms. The van der Waals surface area contributed by atoms with Crippen LogP contribution < -0.4 is 10.9 Å². The van der Waals surface area contributed by atoms with Gasteiger partial charge in [-0.3, -0.25) is 9.59 Å². The molecule has 1 N–H and O–H groups in total. The summed E-state index contributed by atoms with van der Waals surface area (Å²) in [6.45, 7) is -0.0636. The van der Waals surface area contributed by atoms with E-state index < -0.39 is 40.8 Å². The summed E-state index contributed by atoms with van der Waals surface area (Å²) in [4.78, 5) is 29.8. The fraction of sp³-hybridized carbons (Fsp3) is 0.281. The standard InChI is InChI=1S/C32H26F7N3O2/c33-24-14-10-22(26(16-24)32(37,38)39)11-15-28-41-30(44)25-2-1-3-27(25)42(28)18-29(43)40-17-19-4-6-20(7-5-19)21-8-12-23(13-9-21)31(34,35)36/h4-10,12-14,16H,1-3,11,15,17-18H2,(H,40,43). The lowest BCUT2D eigenvalue weighted by atomic mass is 10.0. The number of nitrogens with zero attached hydrogens (tertiary/aromatic N) is 2. The first-order valence-corrected chi connectivity index (χ1v) is 13.8. The number of carbonyl (C=O) groups is 1. The largest absolute Gasteiger partial charge is 0.416 e. The highest BCUT2D eigenvalue weighted by Crippen LogP contribution is 2.33. The van der Waals surface area contributed by atoms with Gasteiger partial charge in [0.05, 0.1) is 11.1 Å². The Hall–Kier alpha value is -4.48. The monoisotopic (exact) mass is 617 g/mol. The van der Waals surface area contributed by atoms with Gasteiger partial charge >= 0.3 is 12.4 Å². The van der Waals surface area contributed by atoms with Crippen molar-refractivity contribution in [3.63, 3.8) is 0 Å². The molecular weight excluding hydrogens is 591 g/mol. The molecule has 0 saturated carbocycles. The summed E-state index contributed by atoms with van der Waals surface area (Å²) in [6.07, 6.45) is -7.75. The Kier molecular flexibility index (Phi) is 8.62. The van der Waals surface area contributed by atoms with Gasteiger partial charge in [0.25, 0.3) is 5.56 Å². The number of nitrogens with one attached hydrogen (secondary N) is 1. The van der Waals surface area contributed by atoms with E-state index in [4.69, 9.17) is 0 Å². The number of amides is 1. The van der Waals surface area contributed by atoms with E-state index in [0.717, 1.165) is 29.8 Å². The molecule has 0 unspecified atom stereocenters. The van der Waals surface area contributed by atoms with Crippen molar-refractivity contribution in [2.24, 2.45) is 0 Å². The molecule has 0 aliphatic heterocycles. The minimum Gasteiger partial charge on any atom is -0.350 e. The van der Waals surface area contributed by atoms with E-state index in [1.807, 2.05) is 0 Å². The molecule has 0 radical (unpaired) electrons. The minimum atomic E-state index is -4.77. The summed E-state index contributed by atoms with van der Waals surface area (Å²) in [5.41, 5.74) is 0.685. The molecule has 1 amide bonds. The maximum Gasteiger partial charge on any atom is 0.416 e. The van der Waals surface area contributed by atoms with Crippen molar-refractivity contribution in [2.75, 3.05) is 0 Å². The molecule has 5 nitrogen and oxygen atoms in total. The molecule has 0 fully saturated rings. The molecular formula is C32H26F7N3O2. The van der Waals surface area contributed by atoms with Crippen molar-refractivity contribution in [3.8, 4) is 11.1 Å². The first-order valence-electron chi connectivity index (χ1n) is 13.8. The van der Waals surface area contributed by atoms with Crippen LogP contribution in [-0.4, -0.2) is 15.5 Å². The van der Waals surface area contributed by atoms with Gasteiger partial charge in [0.2, 0.25) is 5.91 Å². The zero-order valence-corrected chi connectivity index (χ0v) is 23.2. The van der Waals surface area contributed by atoms with E-state index >= 15 is 0 Å². The molecule has 5 rings (SSSR count). The summed E-state index contributed by atoms with van der Waals surface area (Å²) in [6, 6.07) is 14.1. The fourth-order valence-electron chi connectivity index (χ4n) is 5.38. The highest BCUT2D eigenvalue weighted by molar-refractivity contribution is 5.76. The van der Waals surface area contributed by atoms with E-state index in [1.165, 1.54) is 12.1 Å². The molecule has 44 heavy (non-hydrogen) atoms. The molecule has 3 aromatic carbocycles. The van der Waals surface area contributed by atoms with Gasteiger partial charge < -0.3 is 9.88 Å². The van der Waals surface area contributed by atoms with Crippen LogP contribution in [-0.2, 0) is 55.9 Å². The Morgan fingerprint density at radius 2 is 1.50 bits per heavy atom. The van der Waals surface area contributed by atoms with Crippen LogP contribution in [0.1, 0.15) is 45.8 Å². The van der Waals surface area contributed by atoms with Crippen molar-refractivity contribution < 1.29 is 35.5 Å². The number of aromatic nitrogens is 2. The molecule has 0 spiro atoms. The number of aryl methyl sites for hydroxylation is 2. The Labute approximate surface area is 247 Å². The summed E-state index contributed by atoms with van der Waals surface area (Å²) < 4.78 is 94.2. The topological polar surface area (TPSA) is 64.0 Å². The number of halogens is 7. The third-order valence-corrected chi connectivity index (χ3v) is 7.60. The van der Waals surface area contributed by atoms with Crippen molar-refractivity contribution in [3.05, 3.63) is 122 Å².